The third kappa shape index (κ3) is 6.19. The maximum Gasteiger partial charge on any atom is 0.335 e. The van der Waals surface area contributed by atoms with Crippen molar-refractivity contribution in [1.82, 2.24) is 9.88 Å². The normalized spacial score (nSPS) is 24.1. The van der Waals surface area contributed by atoms with Gasteiger partial charge in [0.05, 0.1) is 18.3 Å². The Labute approximate surface area is 220 Å². The van der Waals surface area contributed by atoms with E-state index >= 15 is 0 Å². The van der Waals surface area contributed by atoms with Gasteiger partial charge in [-0.25, -0.2) is 4.79 Å². The van der Waals surface area contributed by atoms with Gasteiger partial charge in [0.15, 0.2) is 0 Å². The maximum absolute atomic E-state index is 11.4. The molecule has 0 aliphatic carbocycles. The van der Waals surface area contributed by atoms with Gasteiger partial charge < -0.3 is 19.6 Å². The number of aryl methyl sites for hydroxylation is 1. The van der Waals surface area contributed by atoms with Crippen LogP contribution in [0.4, 0.5) is 0 Å². The number of carboxylic acids is 1. The number of aromatic carboxylic acids is 1. The summed E-state index contributed by atoms with van der Waals surface area (Å²) in [4.78, 5) is 17.4. The first-order chi connectivity index (χ1) is 18.1. The molecule has 3 aliphatic rings. The molecule has 1 unspecified atom stereocenters. The van der Waals surface area contributed by atoms with E-state index in [2.05, 4.69) is 28.9 Å². The molecule has 6 nitrogen and oxygen atoms in total. The largest absolute Gasteiger partial charge is 0.493 e. The summed E-state index contributed by atoms with van der Waals surface area (Å²) >= 11 is 0. The number of nitrogens with zero attached hydrogens (tertiary/aromatic N) is 1. The summed E-state index contributed by atoms with van der Waals surface area (Å²) in [5, 5.41) is 10.6. The predicted octanol–water partition coefficient (Wildman–Crippen LogP) is 7.02. The van der Waals surface area contributed by atoms with E-state index in [1.807, 2.05) is 18.3 Å². The second-order valence-electron chi connectivity index (χ2n) is 10.7. The highest BCUT2D eigenvalue weighted by atomic mass is 16.5. The van der Waals surface area contributed by atoms with Crippen LogP contribution in [0.3, 0.4) is 0 Å². The van der Waals surface area contributed by atoms with Gasteiger partial charge in [-0.2, -0.15) is 0 Å². The number of carboxylic acid groups (broad SMARTS) is 1. The smallest absolute Gasteiger partial charge is 0.335 e. The molecule has 1 fully saturated rings. The molecule has 198 valence electrons. The lowest BCUT2D eigenvalue weighted by atomic mass is 9.91. The molecule has 1 saturated heterocycles. The summed E-state index contributed by atoms with van der Waals surface area (Å²) in [5.41, 5.74) is 5.07. The van der Waals surface area contributed by atoms with E-state index in [-0.39, 0.29) is 12.1 Å². The average molecular weight is 505 g/mol. The number of carbonyl (C=O) groups is 1. The van der Waals surface area contributed by atoms with Crippen LogP contribution in [0.25, 0.3) is 10.9 Å². The Hall–Kier alpha value is -2.83. The topological polar surface area (TPSA) is 74.8 Å². The fourth-order valence-corrected chi connectivity index (χ4v) is 5.97. The number of aromatic nitrogens is 1. The minimum atomic E-state index is -0.891. The number of benzene rings is 2. The summed E-state index contributed by atoms with van der Waals surface area (Å²) in [6.07, 6.45) is 12.6. The molecule has 3 atom stereocenters. The van der Waals surface area contributed by atoms with Crippen molar-refractivity contribution in [3.05, 3.63) is 64.8 Å². The predicted molar refractivity (Wildman–Crippen MR) is 146 cm³/mol. The molecule has 6 heteroatoms. The quantitative estimate of drug-likeness (QED) is 0.392. The van der Waals surface area contributed by atoms with Crippen LogP contribution in [0.2, 0.25) is 0 Å². The summed E-state index contributed by atoms with van der Waals surface area (Å²) < 4.78 is 12.8. The lowest BCUT2D eigenvalue weighted by molar-refractivity contribution is -0.0202. The van der Waals surface area contributed by atoms with E-state index in [1.165, 1.54) is 54.1 Å². The molecule has 1 aromatic heterocycles. The molecular formula is C31H40N2O4. The molecule has 0 saturated carbocycles. The van der Waals surface area contributed by atoms with Crippen molar-refractivity contribution in [2.24, 2.45) is 0 Å². The van der Waals surface area contributed by atoms with Gasteiger partial charge in [0.25, 0.3) is 0 Å². The van der Waals surface area contributed by atoms with Gasteiger partial charge in [0.1, 0.15) is 5.75 Å². The van der Waals surface area contributed by atoms with Crippen LogP contribution < -0.4 is 4.74 Å². The molecule has 37 heavy (non-hydrogen) atoms. The Morgan fingerprint density at radius 1 is 1.00 bits per heavy atom. The third-order valence-electron chi connectivity index (χ3n) is 8.08. The molecule has 0 radical (unpaired) electrons. The summed E-state index contributed by atoms with van der Waals surface area (Å²) in [6.45, 7) is 5.43. The second-order valence-corrected chi connectivity index (χ2v) is 10.7. The van der Waals surface area contributed by atoms with E-state index in [0.29, 0.717) is 5.56 Å². The van der Waals surface area contributed by atoms with Crippen LogP contribution in [-0.2, 0) is 11.3 Å². The Kier molecular flexibility index (Phi) is 8.47. The highest BCUT2D eigenvalue weighted by molar-refractivity contribution is 5.88. The van der Waals surface area contributed by atoms with Crippen molar-refractivity contribution < 1.29 is 19.4 Å². The molecule has 6 rings (SSSR count). The van der Waals surface area contributed by atoms with Crippen LogP contribution in [-0.4, -0.2) is 46.8 Å². The van der Waals surface area contributed by atoms with Gasteiger partial charge in [-0.15, -0.1) is 0 Å². The molecule has 3 aliphatic heterocycles. The molecular weight excluding hydrogens is 464 g/mol. The van der Waals surface area contributed by atoms with E-state index in [4.69, 9.17) is 9.47 Å². The molecule has 0 spiro atoms. The summed E-state index contributed by atoms with van der Waals surface area (Å²) in [7, 11) is 0. The number of nitrogens with one attached hydrogen (secondary N) is 1. The van der Waals surface area contributed by atoms with Crippen molar-refractivity contribution in [3.63, 3.8) is 0 Å². The first kappa shape index (κ1) is 25.8. The zero-order valence-corrected chi connectivity index (χ0v) is 22.0. The molecule has 4 heterocycles. The van der Waals surface area contributed by atoms with Crippen molar-refractivity contribution in [3.8, 4) is 5.75 Å². The maximum atomic E-state index is 11.4. The number of ether oxygens (including phenoxy) is 2. The van der Waals surface area contributed by atoms with Gasteiger partial charge in [-0.3, -0.25) is 4.90 Å². The number of fused-ring (bicyclic) bond motifs is 13. The van der Waals surface area contributed by atoms with E-state index in [0.717, 1.165) is 63.3 Å². The molecule has 2 aromatic carbocycles. The molecule has 0 amide bonds. The zero-order valence-electron chi connectivity index (χ0n) is 22.0. The fraction of sp³-hybridized carbons (Fsp3) is 0.516. The highest BCUT2D eigenvalue weighted by Crippen LogP contribution is 2.38. The van der Waals surface area contributed by atoms with Gasteiger partial charge in [0.2, 0.25) is 0 Å². The highest BCUT2D eigenvalue weighted by Gasteiger charge is 2.31. The average Bonchev–Trinajstić information content (AvgIpc) is 3.40. The first-order valence-corrected chi connectivity index (χ1v) is 14.0. The summed E-state index contributed by atoms with van der Waals surface area (Å²) in [6, 6.07) is 11.9. The Morgan fingerprint density at radius 3 is 2.49 bits per heavy atom. The Balaban J connectivity index is 1.47. The minimum absolute atomic E-state index is 0.156. The molecule has 3 aromatic rings. The van der Waals surface area contributed by atoms with Gasteiger partial charge in [0, 0.05) is 48.4 Å². The first-order valence-electron chi connectivity index (χ1n) is 14.0. The lowest BCUT2D eigenvalue weighted by Crippen LogP contribution is -2.39. The zero-order chi connectivity index (χ0) is 25.6. The van der Waals surface area contributed by atoms with E-state index in [1.54, 1.807) is 12.1 Å². The van der Waals surface area contributed by atoms with Crippen LogP contribution in [0.5, 0.6) is 5.75 Å². The van der Waals surface area contributed by atoms with E-state index in [9.17, 15) is 9.90 Å². The second kappa shape index (κ2) is 12.1. The number of hydrogen-bond acceptors (Lipinski definition) is 4. The number of hydrogen-bond donors (Lipinski definition) is 2. The van der Waals surface area contributed by atoms with E-state index < -0.39 is 5.97 Å². The molecule has 2 N–H and O–H groups in total. The number of piperidine rings is 1. The van der Waals surface area contributed by atoms with Gasteiger partial charge in [-0.1, -0.05) is 44.2 Å². The monoisotopic (exact) mass is 504 g/mol. The van der Waals surface area contributed by atoms with Crippen LogP contribution in [0.15, 0.2) is 42.6 Å². The number of rotatable bonds is 2. The van der Waals surface area contributed by atoms with Crippen molar-refractivity contribution in [1.29, 1.82) is 0 Å². The van der Waals surface area contributed by atoms with Crippen molar-refractivity contribution >= 4 is 16.9 Å². The van der Waals surface area contributed by atoms with Gasteiger partial charge >= 0.3 is 5.97 Å². The Bertz CT molecular complexity index is 1190. The summed E-state index contributed by atoms with van der Waals surface area (Å²) in [5.74, 6) is 0.0989. The van der Waals surface area contributed by atoms with Crippen molar-refractivity contribution in [2.45, 2.75) is 83.4 Å². The number of aromatic amines is 1. The van der Waals surface area contributed by atoms with Crippen LogP contribution in [0.1, 0.15) is 90.9 Å². The third-order valence-corrected chi connectivity index (χ3v) is 8.08. The number of H-pyrrole nitrogens is 1. The van der Waals surface area contributed by atoms with Crippen LogP contribution >= 0.6 is 0 Å². The van der Waals surface area contributed by atoms with Crippen molar-refractivity contribution in [2.75, 3.05) is 19.8 Å². The standard InChI is InChI=1S/C31H40N2O4/c1-22-19-29-27(26-13-15-32-30(22)26)21-33-16-14-25(36-17-7-5-3-2-4-6-8-18-37-29)20-28(33)23-9-11-24(12-10-23)31(34)35/h9-13,15,19,25,28,32H,2-8,14,16-18,20-21H2,1H3,(H,34,35)/t25-,28-/m0/s1. The molecule has 2 bridgehead atoms. The fourth-order valence-electron chi connectivity index (χ4n) is 5.97. The Morgan fingerprint density at radius 2 is 1.73 bits per heavy atom. The lowest BCUT2D eigenvalue weighted by Gasteiger charge is -2.40. The minimum Gasteiger partial charge on any atom is -0.493 e. The SMILES string of the molecule is Cc1cc2c(c3cc[nH]c13)CN1CC[C@@H](C[C@H]1c1ccc(C(=O)O)cc1)OCCCCCCCCCO2. The van der Waals surface area contributed by atoms with Gasteiger partial charge in [-0.05, 0) is 68.0 Å². The van der Waals surface area contributed by atoms with Crippen LogP contribution in [0, 0.1) is 6.92 Å².